The maximum Gasteiger partial charge on any atom is 0.150 e. The van der Waals surface area contributed by atoms with Crippen molar-refractivity contribution in [2.45, 2.75) is 63.8 Å². The van der Waals surface area contributed by atoms with E-state index in [2.05, 4.69) is 50.5 Å². The number of unbranched alkanes of at least 4 members (excludes halogenated alkanes) is 5. The average molecular weight is 541 g/mol. The van der Waals surface area contributed by atoms with E-state index in [1.807, 2.05) is 24.3 Å². The van der Waals surface area contributed by atoms with Gasteiger partial charge in [-0.2, -0.15) is 0 Å². The zero-order valence-corrected chi connectivity index (χ0v) is 18.2. The third kappa shape index (κ3) is 10.6. The van der Waals surface area contributed by atoms with Crippen LogP contribution < -0.4 is 5.32 Å². The van der Waals surface area contributed by atoms with Gasteiger partial charge in [-0.15, -0.1) is 0 Å². The maximum absolute atomic E-state index is 10.7. The molecule has 1 rings (SSSR count). The lowest BCUT2D eigenvalue weighted by molar-refractivity contribution is 0.112. The summed E-state index contributed by atoms with van der Waals surface area (Å²) in [5.74, 6) is 0. The van der Waals surface area contributed by atoms with Gasteiger partial charge < -0.3 is 5.32 Å². The van der Waals surface area contributed by atoms with E-state index in [9.17, 15) is 4.79 Å². The van der Waals surface area contributed by atoms with Crippen LogP contribution in [0.2, 0.25) is 0 Å². The molecule has 1 aromatic carbocycles. The second-order valence-electron chi connectivity index (χ2n) is 6.01. The second-order valence-corrected chi connectivity index (χ2v) is 8.17. The van der Waals surface area contributed by atoms with Crippen LogP contribution >= 0.6 is 45.2 Å². The fourth-order valence-corrected chi connectivity index (χ4v) is 3.76. The molecule has 1 aromatic rings. The van der Waals surface area contributed by atoms with Crippen molar-refractivity contribution in [3.8, 4) is 0 Å². The normalized spacial score (nSPS) is 12.1. The standard InChI is InChI=1S/C19H29I2NO/c20-14-6-2-1-4-8-18(9-5-3-7-15-21)22-19-12-10-17(16-23)11-13-19/h10-13,16,18,22H,1-9,14-15H2. The number of aldehydes is 1. The average Bonchev–Trinajstić information content (AvgIpc) is 2.59. The number of benzene rings is 1. The molecule has 0 aliphatic rings. The Hall–Kier alpha value is 0.150. The number of rotatable bonds is 14. The van der Waals surface area contributed by atoms with Gasteiger partial charge in [0.05, 0.1) is 0 Å². The molecule has 1 atom stereocenters. The summed E-state index contributed by atoms with van der Waals surface area (Å²) in [5.41, 5.74) is 1.88. The van der Waals surface area contributed by atoms with Gasteiger partial charge in [0, 0.05) is 17.3 Å². The Balaban J connectivity index is 2.42. The van der Waals surface area contributed by atoms with E-state index in [-0.39, 0.29) is 0 Å². The molecular formula is C19H29I2NO. The van der Waals surface area contributed by atoms with Crippen molar-refractivity contribution in [3.05, 3.63) is 29.8 Å². The first-order valence-electron chi connectivity index (χ1n) is 8.74. The number of carbonyl (C=O) groups excluding carboxylic acids is 1. The molecule has 0 radical (unpaired) electrons. The van der Waals surface area contributed by atoms with Gasteiger partial charge in [0.25, 0.3) is 0 Å². The van der Waals surface area contributed by atoms with E-state index >= 15 is 0 Å². The lowest BCUT2D eigenvalue weighted by Crippen LogP contribution is -2.19. The second kappa shape index (κ2) is 14.5. The van der Waals surface area contributed by atoms with E-state index in [1.54, 1.807) is 0 Å². The summed E-state index contributed by atoms with van der Waals surface area (Å²) >= 11 is 4.92. The number of hydrogen-bond acceptors (Lipinski definition) is 2. The van der Waals surface area contributed by atoms with Crippen molar-refractivity contribution >= 4 is 57.2 Å². The lowest BCUT2D eigenvalue weighted by Gasteiger charge is -2.20. The summed E-state index contributed by atoms with van der Waals surface area (Å²) in [6.45, 7) is 0. The van der Waals surface area contributed by atoms with Crippen LogP contribution in [0.15, 0.2) is 24.3 Å². The minimum absolute atomic E-state index is 0.561. The molecule has 0 heterocycles. The SMILES string of the molecule is O=Cc1ccc(NC(CCCCCI)CCCCCCI)cc1. The number of alkyl halides is 2. The van der Waals surface area contributed by atoms with Crippen LogP contribution in [-0.2, 0) is 0 Å². The molecule has 2 nitrogen and oxygen atoms in total. The Kier molecular flexibility index (Phi) is 13.4. The molecule has 0 aromatic heterocycles. The van der Waals surface area contributed by atoms with Gasteiger partial charge in [-0.1, -0.05) is 77.3 Å². The van der Waals surface area contributed by atoms with Crippen molar-refractivity contribution in [3.63, 3.8) is 0 Å². The summed E-state index contributed by atoms with van der Waals surface area (Å²) < 4.78 is 2.54. The van der Waals surface area contributed by atoms with Crippen LogP contribution in [-0.4, -0.2) is 21.2 Å². The maximum atomic E-state index is 10.7. The predicted octanol–water partition coefficient (Wildman–Crippen LogP) is 6.66. The molecule has 0 aliphatic heterocycles. The van der Waals surface area contributed by atoms with Gasteiger partial charge in [-0.25, -0.2) is 0 Å². The smallest absolute Gasteiger partial charge is 0.150 e. The van der Waals surface area contributed by atoms with Gasteiger partial charge in [0.15, 0.2) is 0 Å². The Morgan fingerprint density at radius 1 is 0.826 bits per heavy atom. The van der Waals surface area contributed by atoms with Crippen LogP contribution in [0.25, 0.3) is 0 Å². The predicted molar refractivity (Wildman–Crippen MR) is 119 cm³/mol. The summed E-state index contributed by atoms with van der Waals surface area (Å²) in [7, 11) is 0. The highest BCUT2D eigenvalue weighted by molar-refractivity contribution is 14.1. The fraction of sp³-hybridized carbons (Fsp3) is 0.632. The fourth-order valence-electron chi connectivity index (χ4n) is 2.68. The molecule has 0 fully saturated rings. The van der Waals surface area contributed by atoms with Crippen LogP contribution in [0, 0.1) is 0 Å². The summed E-state index contributed by atoms with van der Waals surface area (Å²) in [4.78, 5) is 10.7. The monoisotopic (exact) mass is 541 g/mol. The molecule has 0 amide bonds. The minimum Gasteiger partial charge on any atom is -0.382 e. The first-order chi connectivity index (χ1) is 11.3. The number of anilines is 1. The van der Waals surface area contributed by atoms with E-state index in [4.69, 9.17) is 0 Å². The highest BCUT2D eigenvalue weighted by atomic mass is 127. The Bertz CT molecular complexity index is 408. The van der Waals surface area contributed by atoms with Gasteiger partial charge in [0.2, 0.25) is 0 Å². The Morgan fingerprint density at radius 3 is 1.87 bits per heavy atom. The lowest BCUT2D eigenvalue weighted by atomic mass is 10.0. The van der Waals surface area contributed by atoms with Crippen molar-refractivity contribution in [1.29, 1.82) is 0 Å². The molecule has 1 N–H and O–H groups in total. The number of nitrogens with one attached hydrogen (secondary N) is 1. The molecule has 1 unspecified atom stereocenters. The van der Waals surface area contributed by atoms with Crippen molar-refractivity contribution in [1.82, 2.24) is 0 Å². The summed E-state index contributed by atoms with van der Waals surface area (Å²) in [6.07, 6.45) is 12.7. The topological polar surface area (TPSA) is 29.1 Å². The number of halogens is 2. The molecule has 0 aliphatic carbocycles. The van der Waals surface area contributed by atoms with Gasteiger partial charge in [-0.05, 0) is 58.8 Å². The van der Waals surface area contributed by atoms with Crippen LogP contribution in [0.3, 0.4) is 0 Å². The van der Waals surface area contributed by atoms with Gasteiger partial charge in [-0.3, -0.25) is 4.79 Å². The third-order valence-electron chi connectivity index (χ3n) is 4.04. The Labute approximate surface area is 168 Å². The van der Waals surface area contributed by atoms with Crippen LogP contribution in [0.1, 0.15) is 68.1 Å². The molecule has 0 spiro atoms. The zero-order chi connectivity index (χ0) is 16.8. The van der Waals surface area contributed by atoms with E-state index in [0.29, 0.717) is 6.04 Å². The van der Waals surface area contributed by atoms with Crippen LogP contribution in [0.5, 0.6) is 0 Å². The molecule has 130 valence electrons. The summed E-state index contributed by atoms with van der Waals surface area (Å²) in [6, 6.07) is 8.40. The highest BCUT2D eigenvalue weighted by Gasteiger charge is 2.08. The number of hydrogen-bond donors (Lipinski definition) is 1. The highest BCUT2D eigenvalue weighted by Crippen LogP contribution is 2.18. The molecule has 0 bridgehead atoms. The van der Waals surface area contributed by atoms with Crippen molar-refractivity contribution in [2.75, 3.05) is 14.2 Å². The quantitative estimate of drug-likeness (QED) is 0.124. The van der Waals surface area contributed by atoms with E-state index in [1.165, 1.54) is 66.6 Å². The molecule has 0 saturated heterocycles. The van der Waals surface area contributed by atoms with E-state index < -0.39 is 0 Å². The zero-order valence-electron chi connectivity index (χ0n) is 13.9. The van der Waals surface area contributed by atoms with E-state index in [0.717, 1.165) is 17.5 Å². The largest absolute Gasteiger partial charge is 0.382 e. The Morgan fingerprint density at radius 2 is 1.35 bits per heavy atom. The first kappa shape index (κ1) is 21.2. The third-order valence-corrected chi connectivity index (χ3v) is 5.57. The van der Waals surface area contributed by atoms with Crippen LogP contribution in [0.4, 0.5) is 5.69 Å². The first-order valence-corrected chi connectivity index (χ1v) is 11.8. The minimum atomic E-state index is 0.561. The summed E-state index contributed by atoms with van der Waals surface area (Å²) in [5, 5.41) is 3.68. The van der Waals surface area contributed by atoms with Crippen molar-refractivity contribution in [2.24, 2.45) is 0 Å². The van der Waals surface area contributed by atoms with Gasteiger partial charge in [0.1, 0.15) is 6.29 Å². The van der Waals surface area contributed by atoms with Gasteiger partial charge >= 0.3 is 0 Å². The molecule has 4 heteroatoms. The molecule has 0 saturated carbocycles. The van der Waals surface area contributed by atoms with Crippen molar-refractivity contribution < 1.29 is 4.79 Å². The molecule has 23 heavy (non-hydrogen) atoms. The number of carbonyl (C=O) groups is 1. The molecular weight excluding hydrogens is 512 g/mol.